The average molecular weight is 754 g/mol. The van der Waals surface area contributed by atoms with E-state index in [1.807, 2.05) is 0 Å². The first-order valence-corrected chi connectivity index (χ1v) is 22.6. The monoisotopic (exact) mass is 753 g/mol. The minimum atomic E-state index is -2.64. The summed E-state index contributed by atoms with van der Waals surface area (Å²) in [5.41, 5.74) is 16.7. The Morgan fingerprint density at radius 1 is 0.379 bits per heavy atom. The van der Waals surface area contributed by atoms with Crippen LogP contribution < -0.4 is 25.6 Å². The van der Waals surface area contributed by atoms with E-state index in [1.165, 1.54) is 104 Å². The Hall–Kier alpha value is -6.74. The Labute approximate surface area is 340 Å². The van der Waals surface area contributed by atoms with Gasteiger partial charge in [-0.15, -0.1) is 0 Å². The summed E-state index contributed by atoms with van der Waals surface area (Å²) >= 11 is 0. The summed E-state index contributed by atoms with van der Waals surface area (Å²) in [6.07, 6.45) is 0. The van der Waals surface area contributed by atoms with Crippen molar-refractivity contribution in [2.24, 2.45) is 0 Å². The molecule has 0 saturated carbocycles. The van der Waals surface area contributed by atoms with Gasteiger partial charge in [-0.05, 0) is 111 Å². The molecule has 9 aromatic rings. The Kier molecular flexibility index (Phi) is 6.26. The van der Waals surface area contributed by atoms with Crippen molar-refractivity contribution in [2.75, 3.05) is 4.90 Å². The van der Waals surface area contributed by atoms with Crippen LogP contribution in [0.5, 0.6) is 0 Å². The molecule has 9 aromatic carbocycles. The minimum Gasteiger partial charge on any atom is -0.310 e. The van der Waals surface area contributed by atoms with Crippen LogP contribution >= 0.6 is 0 Å². The SMILES string of the molecule is CC1(C)c2ccccc2C2(c3ccccc3N(c3ccc4c(c3)[Si]3(c5ccccc5-c5ccccc53)c3ccccc3-4)c3ccccc32)c2c1ccc1ccccc21. The Bertz CT molecular complexity index is 3130. The van der Waals surface area contributed by atoms with Gasteiger partial charge in [-0.1, -0.05) is 190 Å². The zero-order valence-corrected chi connectivity index (χ0v) is 33.5. The van der Waals surface area contributed by atoms with Gasteiger partial charge in [0.05, 0.1) is 16.8 Å². The van der Waals surface area contributed by atoms with Crippen LogP contribution in [0.4, 0.5) is 17.1 Å². The molecule has 2 spiro atoms. The van der Waals surface area contributed by atoms with Crippen molar-refractivity contribution in [3.05, 3.63) is 234 Å². The van der Waals surface area contributed by atoms with Gasteiger partial charge in [0.25, 0.3) is 0 Å². The summed E-state index contributed by atoms with van der Waals surface area (Å²) in [6.45, 7) is 4.83. The van der Waals surface area contributed by atoms with E-state index < -0.39 is 13.5 Å². The summed E-state index contributed by atoms with van der Waals surface area (Å²) < 4.78 is 0. The van der Waals surface area contributed by atoms with Crippen LogP contribution in [0.25, 0.3) is 33.0 Å². The van der Waals surface area contributed by atoms with Crippen molar-refractivity contribution in [2.45, 2.75) is 24.7 Å². The van der Waals surface area contributed by atoms with Crippen LogP contribution in [0.15, 0.2) is 200 Å². The van der Waals surface area contributed by atoms with E-state index in [0.29, 0.717) is 0 Å². The molecule has 3 aliphatic heterocycles. The molecule has 13 rings (SSSR count). The second kappa shape index (κ2) is 11.2. The van der Waals surface area contributed by atoms with Crippen molar-refractivity contribution in [3.8, 4) is 22.3 Å². The second-order valence-electron chi connectivity index (χ2n) is 17.1. The third-order valence-corrected chi connectivity index (χ3v) is 19.3. The predicted octanol–water partition coefficient (Wildman–Crippen LogP) is 11.0. The summed E-state index contributed by atoms with van der Waals surface area (Å²) in [5.74, 6) is 0. The van der Waals surface area contributed by atoms with Crippen LogP contribution in [0.2, 0.25) is 0 Å². The first-order chi connectivity index (χ1) is 28.6. The van der Waals surface area contributed by atoms with E-state index in [4.69, 9.17) is 0 Å². The highest BCUT2D eigenvalue weighted by atomic mass is 28.3. The van der Waals surface area contributed by atoms with E-state index in [1.54, 1.807) is 0 Å². The zero-order chi connectivity index (χ0) is 38.4. The van der Waals surface area contributed by atoms with Gasteiger partial charge in [0.15, 0.2) is 8.07 Å². The third kappa shape index (κ3) is 3.69. The fourth-order valence-corrected chi connectivity index (χ4v) is 17.8. The van der Waals surface area contributed by atoms with Crippen LogP contribution in [-0.2, 0) is 10.8 Å². The largest absolute Gasteiger partial charge is 0.310 e. The minimum absolute atomic E-state index is 0.190. The lowest BCUT2D eigenvalue weighted by atomic mass is 9.52. The van der Waals surface area contributed by atoms with Crippen molar-refractivity contribution in [1.29, 1.82) is 0 Å². The predicted molar refractivity (Wildman–Crippen MR) is 244 cm³/mol. The van der Waals surface area contributed by atoms with Gasteiger partial charge >= 0.3 is 0 Å². The third-order valence-electron chi connectivity index (χ3n) is 14.3. The summed E-state index contributed by atoms with van der Waals surface area (Å²) in [7, 11) is -2.64. The quantitative estimate of drug-likeness (QED) is 0.151. The van der Waals surface area contributed by atoms with E-state index in [-0.39, 0.29) is 5.41 Å². The van der Waals surface area contributed by atoms with Gasteiger partial charge in [0.2, 0.25) is 0 Å². The molecule has 0 radical (unpaired) electrons. The summed E-state index contributed by atoms with van der Waals surface area (Å²) in [4.78, 5) is 2.58. The maximum absolute atomic E-state index is 2.64. The van der Waals surface area contributed by atoms with Crippen LogP contribution in [0, 0.1) is 0 Å². The van der Waals surface area contributed by atoms with Crippen molar-refractivity contribution in [1.82, 2.24) is 0 Å². The lowest BCUT2D eigenvalue weighted by molar-refractivity contribution is 0.560. The molecular weight excluding hydrogens is 715 g/mol. The fourth-order valence-electron chi connectivity index (χ4n) is 12.1. The number of para-hydroxylation sites is 2. The summed E-state index contributed by atoms with van der Waals surface area (Å²) in [6, 6.07) is 76.8. The molecule has 2 heteroatoms. The molecular formula is C56H39NSi. The molecule has 0 N–H and O–H groups in total. The molecule has 0 amide bonds. The van der Waals surface area contributed by atoms with E-state index in [0.717, 1.165) is 0 Å². The molecule has 0 bridgehead atoms. The molecule has 0 saturated heterocycles. The molecule has 1 aliphatic carbocycles. The number of benzene rings is 9. The van der Waals surface area contributed by atoms with Crippen molar-refractivity contribution in [3.63, 3.8) is 0 Å². The van der Waals surface area contributed by atoms with Gasteiger partial charge in [0.1, 0.15) is 0 Å². The van der Waals surface area contributed by atoms with E-state index in [2.05, 4.69) is 219 Å². The Morgan fingerprint density at radius 3 is 1.48 bits per heavy atom. The standard InChI is InChI=1S/C56H39NSi/c1-55(2)43-22-8-9-23-44(43)56(54-38-18-4-3-17-36(38)31-34-47(54)55)45-24-10-12-26-48(45)57(49-27-13-11-25-46(49)56)37-32-33-42-41-21-7-16-30-52(41)58(53(42)35-37)50-28-14-5-19-39(50)40-20-6-15-29-51(40)58/h3-35H,1-2H3. The highest BCUT2D eigenvalue weighted by molar-refractivity contribution is 7.24. The van der Waals surface area contributed by atoms with Gasteiger partial charge in [-0.2, -0.15) is 0 Å². The lowest BCUT2D eigenvalue weighted by Crippen LogP contribution is -2.70. The van der Waals surface area contributed by atoms with Gasteiger partial charge in [-0.3, -0.25) is 0 Å². The molecule has 0 unspecified atom stereocenters. The van der Waals surface area contributed by atoms with Crippen molar-refractivity contribution < 1.29 is 0 Å². The van der Waals surface area contributed by atoms with Gasteiger partial charge in [-0.25, -0.2) is 0 Å². The molecule has 1 nitrogen and oxygen atoms in total. The van der Waals surface area contributed by atoms with Crippen LogP contribution in [-0.4, -0.2) is 8.07 Å². The maximum atomic E-state index is 2.59. The fraction of sp³-hybridized carbons (Fsp3) is 0.0714. The van der Waals surface area contributed by atoms with E-state index >= 15 is 0 Å². The van der Waals surface area contributed by atoms with Crippen molar-refractivity contribution >= 4 is 56.7 Å². The average Bonchev–Trinajstić information content (AvgIpc) is 3.75. The number of hydrogen-bond donors (Lipinski definition) is 0. The van der Waals surface area contributed by atoms with Crippen LogP contribution in [0.3, 0.4) is 0 Å². The highest BCUT2D eigenvalue weighted by Crippen LogP contribution is 2.64. The Morgan fingerprint density at radius 2 is 0.862 bits per heavy atom. The number of hydrogen-bond acceptors (Lipinski definition) is 1. The normalized spacial score (nSPS) is 16.1. The molecule has 58 heavy (non-hydrogen) atoms. The molecule has 3 heterocycles. The lowest BCUT2D eigenvalue weighted by Gasteiger charge is -2.52. The number of rotatable bonds is 1. The summed E-state index contributed by atoms with van der Waals surface area (Å²) in [5, 5.41) is 8.59. The first kappa shape index (κ1) is 32.4. The molecule has 0 atom stereocenters. The number of fused-ring (bicyclic) bond motifs is 20. The molecule has 0 aromatic heterocycles. The zero-order valence-electron chi connectivity index (χ0n) is 32.5. The smallest absolute Gasteiger partial charge is 0.182 e. The maximum Gasteiger partial charge on any atom is 0.182 e. The number of anilines is 3. The second-order valence-corrected chi connectivity index (χ2v) is 20.8. The molecule has 0 fully saturated rings. The highest BCUT2D eigenvalue weighted by Gasteiger charge is 2.56. The van der Waals surface area contributed by atoms with Crippen LogP contribution in [0.1, 0.15) is 47.2 Å². The number of nitrogens with zero attached hydrogens (tertiary/aromatic N) is 1. The topological polar surface area (TPSA) is 3.24 Å². The van der Waals surface area contributed by atoms with Gasteiger partial charge in [0, 0.05) is 11.1 Å². The Balaban J connectivity index is 1.13. The van der Waals surface area contributed by atoms with E-state index in [9.17, 15) is 0 Å². The molecule has 4 aliphatic rings. The van der Waals surface area contributed by atoms with Gasteiger partial charge < -0.3 is 4.90 Å². The first-order valence-electron chi connectivity index (χ1n) is 20.6. The molecule has 272 valence electrons.